The van der Waals surface area contributed by atoms with Gasteiger partial charge in [-0.15, -0.1) is 0 Å². The van der Waals surface area contributed by atoms with E-state index >= 15 is 0 Å². The second kappa shape index (κ2) is 7.46. The molecule has 0 spiro atoms. The van der Waals surface area contributed by atoms with Crippen LogP contribution in [-0.2, 0) is 11.2 Å². The van der Waals surface area contributed by atoms with E-state index in [1.807, 2.05) is 24.3 Å². The van der Waals surface area contributed by atoms with E-state index in [-0.39, 0.29) is 5.91 Å². The van der Waals surface area contributed by atoms with Gasteiger partial charge >= 0.3 is 0 Å². The molecule has 4 heteroatoms. The number of nitrogens with one attached hydrogen (secondary N) is 1. The van der Waals surface area contributed by atoms with E-state index in [9.17, 15) is 4.79 Å². The van der Waals surface area contributed by atoms with Crippen LogP contribution in [0.5, 0.6) is 0 Å². The van der Waals surface area contributed by atoms with Crippen molar-refractivity contribution in [3.05, 3.63) is 63.6 Å². The minimum atomic E-state index is 0.00361. The Labute approximate surface area is 132 Å². The third-order valence-electron chi connectivity index (χ3n) is 2.91. The summed E-state index contributed by atoms with van der Waals surface area (Å²) in [6.45, 7) is 0. The number of halogens is 2. The van der Waals surface area contributed by atoms with Gasteiger partial charge in [0.1, 0.15) is 0 Å². The van der Waals surface area contributed by atoms with Crippen molar-refractivity contribution < 1.29 is 4.79 Å². The quantitative estimate of drug-likeness (QED) is 0.800. The van der Waals surface area contributed by atoms with E-state index in [0.29, 0.717) is 17.1 Å². The summed E-state index contributed by atoms with van der Waals surface area (Å²) in [6, 6.07) is 15.5. The first-order valence-electron chi connectivity index (χ1n) is 6.44. The van der Waals surface area contributed by atoms with Gasteiger partial charge in [-0.25, -0.2) is 0 Å². The lowest BCUT2D eigenvalue weighted by atomic mass is 10.1. The van der Waals surface area contributed by atoms with Gasteiger partial charge in [0.15, 0.2) is 0 Å². The average molecular weight is 353 g/mol. The highest BCUT2D eigenvalue weighted by molar-refractivity contribution is 9.10. The van der Waals surface area contributed by atoms with Crippen molar-refractivity contribution in [2.24, 2.45) is 0 Å². The monoisotopic (exact) mass is 351 g/mol. The number of carbonyl (C=O) groups is 1. The molecular weight excluding hydrogens is 338 g/mol. The molecule has 0 aliphatic carbocycles. The summed E-state index contributed by atoms with van der Waals surface area (Å²) in [6.07, 6.45) is 2.23. The molecule has 2 nitrogen and oxygen atoms in total. The van der Waals surface area contributed by atoms with Crippen LogP contribution in [0.4, 0.5) is 5.69 Å². The zero-order valence-electron chi connectivity index (χ0n) is 10.9. The molecule has 1 amide bonds. The van der Waals surface area contributed by atoms with Crippen LogP contribution in [0, 0.1) is 0 Å². The van der Waals surface area contributed by atoms with Crippen molar-refractivity contribution in [1.82, 2.24) is 0 Å². The molecule has 0 radical (unpaired) electrons. The lowest BCUT2D eigenvalue weighted by Gasteiger charge is -2.08. The van der Waals surface area contributed by atoms with Crippen LogP contribution in [0.15, 0.2) is 53.0 Å². The second-order valence-corrected chi connectivity index (χ2v) is 5.80. The number of hydrogen-bond donors (Lipinski definition) is 1. The summed E-state index contributed by atoms with van der Waals surface area (Å²) in [5, 5.41) is 3.47. The molecule has 2 aromatic carbocycles. The van der Waals surface area contributed by atoms with E-state index < -0.39 is 0 Å². The number of rotatable bonds is 5. The van der Waals surface area contributed by atoms with Gasteiger partial charge in [-0.05, 0) is 52.5 Å². The number of carbonyl (C=O) groups excluding carboxylic acids is 1. The Balaban J connectivity index is 1.82. The Bertz CT molecular complexity index is 586. The summed E-state index contributed by atoms with van der Waals surface area (Å²) in [4.78, 5) is 11.9. The summed E-state index contributed by atoms with van der Waals surface area (Å²) in [5.41, 5.74) is 1.96. The lowest BCUT2D eigenvalue weighted by Crippen LogP contribution is -2.11. The van der Waals surface area contributed by atoms with Crippen molar-refractivity contribution in [2.75, 3.05) is 5.32 Å². The fourth-order valence-electron chi connectivity index (χ4n) is 1.90. The highest BCUT2D eigenvalue weighted by atomic mass is 79.9. The van der Waals surface area contributed by atoms with Crippen LogP contribution in [0.2, 0.25) is 5.02 Å². The molecular formula is C16H15BrClNO. The number of hydrogen-bond acceptors (Lipinski definition) is 1. The molecule has 0 atom stereocenters. The van der Waals surface area contributed by atoms with Crippen molar-refractivity contribution in [2.45, 2.75) is 19.3 Å². The summed E-state index contributed by atoms with van der Waals surface area (Å²) in [7, 11) is 0. The fraction of sp³-hybridized carbons (Fsp3) is 0.188. The molecule has 1 N–H and O–H groups in total. The van der Waals surface area contributed by atoms with E-state index in [1.54, 1.807) is 12.1 Å². The maximum atomic E-state index is 11.9. The van der Waals surface area contributed by atoms with Crippen LogP contribution in [0.1, 0.15) is 18.4 Å². The summed E-state index contributed by atoms with van der Waals surface area (Å²) < 4.78 is 0.832. The van der Waals surface area contributed by atoms with Crippen molar-refractivity contribution >= 4 is 39.1 Å². The molecule has 0 fully saturated rings. The molecule has 0 aromatic heterocycles. The highest BCUT2D eigenvalue weighted by Crippen LogP contribution is 2.26. The third-order valence-corrected chi connectivity index (χ3v) is 3.84. The molecule has 0 aliphatic rings. The smallest absolute Gasteiger partial charge is 0.224 e. The molecule has 2 rings (SSSR count). The predicted octanol–water partition coefficient (Wildman–Crippen LogP) is 5.06. The van der Waals surface area contributed by atoms with E-state index in [1.165, 1.54) is 5.56 Å². The number of aryl methyl sites for hydroxylation is 1. The van der Waals surface area contributed by atoms with Crippen LogP contribution in [0.3, 0.4) is 0 Å². The van der Waals surface area contributed by atoms with Gasteiger partial charge < -0.3 is 5.32 Å². The SMILES string of the molecule is O=C(CCCc1ccccc1)Nc1cc(Cl)ccc1Br. The molecule has 104 valence electrons. The van der Waals surface area contributed by atoms with E-state index in [0.717, 1.165) is 17.3 Å². The van der Waals surface area contributed by atoms with Gasteiger partial charge in [-0.3, -0.25) is 4.79 Å². The fourth-order valence-corrected chi connectivity index (χ4v) is 2.42. The molecule has 0 saturated heterocycles. The van der Waals surface area contributed by atoms with Gasteiger partial charge in [0, 0.05) is 15.9 Å². The van der Waals surface area contributed by atoms with Crippen molar-refractivity contribution in [3.8, 4) is 0 Å². The van der Waals surface area contributed by atoms with Crippen molar-refractivity contribution in [3.63, 3.8) is 0 Å². The Morgan fingerprint density at radius 1 is 1.15 bits per heavy atom. The average Bonchev–Trinajstić information content (AvgIpc) is 2.44. The van der Waals surface area contributed by atoms with E-state index in [4.69, 9.17) is 11.6 Å². The Morgan fingerprint density at radius 3 is 2.65 bits per heavy atom. The van der Waals surface area contributed by atoms with Gasteiger partial charge in [0.05, 0.1) is 5.69 Å². The first-order chi connectivity index (χ1) is 9.65. The zero-order valence-corrected chi connectivity index (χ0v) is 13.2. The molecule has 0 bridgehead atoms. The van der Waals surface area contributed by atoms with Gasteiger partial charge in [0.25, 0.3) is 0 Å². The normalized spacial score (nSPS) is 10.3. The molecule has 0 unspecified atom stereocenters. The van der Waals surface area contributed by atoms with Crippen molar-refractivity contribution in [1.29, 1.82) is 0 Å². The standard InChI is InChI=1S/C16H15BrClNO/c17-14-10-9-13(18)11-15(14)19-16(20)8-4-7-12-5-2-1-3-6-12/h1-3,5-6,9-11H,4,7-8H2,(H,19,20). The van der Waals surface area contributed by atoms with Crippen LogP contribution in [0.25, 0.3) is 0 Å². The van der Waals surface area contributed by atoms with Crippen LogP contribution in [-0.4, -0.2) is 5.91 Å². The minimum absolute atomic E-state index is 0.00361. The zero-order chi connectivity index (χ0) is 14.4. The van der Waals surface area contributed by atoms with E-state index in [2.05, 4.69) is 33.4 Å². The predicted molar refractivity (Wildman–Crippen MR) is 87.2 cm³/mol. The van der Waals surface area contributed by atoms with Crippen LogP contribution >= 0.6 is 27.5 Å². The maximum Gasteiger partial charge on any atom is 0.224 e. The number of benzene rings is 2. The van der Waals surface area contributed by atoms with Crippen LogP contribution < -0.4 is 5.32 Å². The highest BCUT2D eigenvalue weighted by Gasteiger charge is 2.06. The summed E-state index contributed by atoms with van der Waals surface area (Å²) >= 11 is 9.30. The molecule has 0 saturated carbocycles. The number of anilines is 1. The van der Waals surface area contributed by atoms with Gasteiger partial charge in [-0.1, -0.05) is 41.9 Å². The molecule has 20 heavy (non-hydrogen) atoms. The van der Waals surface area contributed by atoms with Gasteiger partial charge in [-0.2, -0.15) is 0 Å². The number of amides is 1. The first-order valence-corrected chi connectivity index (χ1v) is 7.61. The largest absolute Gasteiger partial charge is 0.325 e. The lowest BCUT2D eigenvalue weighted by molar-refractivity contribution is -0.116. The molecule has 0 heterocycles. The minimum Gasteiger partial charge on any atom is -0.325 e. The second-order valence-electron chi connectivity index (χ2n) is 4.51. The Kier molecular flexibility index (Phi) is 5.62. The topological polar surface area (TPSA) is 29.1 Å². The Hall–Kier alpha value is -1.32. The maximum absolute atomic E-state index is 11.9. The third kappa shape index (κ3) is 4.66. The first kappa shape index (κ1) is 15.1. The summed E-state index contributed by atoms with van der Waals surface area (Å²) in [5.74, 6) is 0.00361. The Morgan fingerprint density at radius 2 is 1.90 bits per heavy atom. The van der Waals surface area contributed by atoms with Gasteiger partial charge in [0.2, 0.25) is 5.91 Å². The molecule has 0 aliphatic heterocycles. The molecule has 2 aromatic rings.